The number of rotatable bonds is 1. The molecule has 0 saturated heterocycles. The third-order valence-electron chi connectivity index (χ3n) is 2.45. The molecule has 3 nitrogen and oxygen atoms in total. The van der Waals surface area contributed by atoms with Crippen LogP contribution in [0.1, 0.15) is 13.3 Å². The molecule has 0 aromatic rings. The SMILES string of the molecule is CC1CC(O)C(O)C1CN. The van der Waals surface area contributed by atoms with Crippen molar-refractivity contribution in [2.75, 3.05) is 6.54 Å². The minimum absolute atomic E-state index is 0.0926. The van der Waals surface area contributed by atoms with Crippen LogP contribution in [0, 0.1) is 11.8 Å². The Morgan fingerprint density at radius 2 is 2.10 bits per heavy atom. The molecular formula is C7H15NO2. The van der Waals surface area contributed by atoms with Gasteiger partial charge < -0.3 is 15.9 Å². The Balaban J connectivity index is 2.55. The summed E-state index contributed by atoms with van der Waals surface area (Å²) in [6.45, 7) is 2.48. The van der Waals surface area contributed by atoms with Crippen LogP contribution in [0.4, 0.5) is 0 Å². The fourth-order valence-electron chi connectivity index (χ4n) is 1.69. The van der Waals surface area contributed by atoms with Crippen molar-refractivity contribution in [2.45, 2.75) is 25.6 Å². The van der Waals surface area contributed by atoms with Gasteiger partial charge in [-0.3, -0.25) is 0 Å². The molecular weight excluding hydrogens is 130 g/mol. The maximum absolute atomic E-state index is 9.30. The third kappa shape index (κ3) is 1.17. The summed E-state index contributed by atoms with van der Waals surface area (Å²) in [5, 5.41) is 18.5. The zero-order chi connectivity index (χ0) is 7.72. The number of aliphatic hydroxyl groups is 2. The standard InChI is InChI=1S/C7H15NO2/c1-4-2-6(9)7(10)5(4)3-8/h4-7,9-10H,2-3,8H2,1H3. The van der Waals surface area contributed by atoms with Crippen LogP contribution in [0.5, 0.6) is 0 Å². The van der Waals surface area contributed by atoms with E-state index in [4.69, 9.17) is 10.8 Å². The van der Waals surface area contributed by atoms with E-state index in [9.17, 15) is 5.11 Å². The quantitative estimate of drug-likeness (QED) is 0.458. The van der Waals surface area contributed by atoms with Gasteiger partial charge in [0.05, 0.1) is 12.2 Å². The second kappa shape index (κ2) is 2.86. The van der Waals surface area contributed by atoms with Crippen LogP contribution >= 0.6 is 0 Å². The predicted molar refractivity (Wildman–Crippen MR) is 38.3 cm³/mol. The maximum atomic E-state index is 9.30. The van der Waals surface area contributed by atoms with Gasteiger partial charge in [-0.1, -0.05) is 6.92 Å². The van der Waals surface area contributed by atoms with Gasteiger partial charge in [-0.25, -0.2) is 0 Å². The molecule has 1 saturated carbocycles. The van der Waals surface area contributed by atoms with Crippen molar-refractivity contribution in [1.29, 1.82) is 0 Å². The minimum atomic E-state index is -0.597. The van der Waals surface area contributed by atoms with Crippen LogP contribution in [-0.4, -0.2) is 29.0 Å². The van der Waals surface area contributed by atoms with Crippen LogP contribution in [-0.2, 0) is 0 Å². The molecule has 1 aliphatic rings. The van der Waals surface area contributed by atoms with Gasteiger partial charge in [0.2, 0.25) is 0 Å². The molecule has 4 unspecified atom stereocenters. The van der Waals surface area contributed by atoms with E-state index in [1.54, 1.807) is 0 Å². The first-order chi connectivity index (χ1) is 4.66. The lowest BCUT2D eigenvalue weighted by Gasteiger charge is -2.16. The van der Waals surface area contributed by atoms with Crippen molar-refractivity contribution >= 4 is 0 Å². The van der Waals surface area contributed by atoms with Crippen LogP contribution < -0.4 is 5.73 Å². The van der Waals surface area contributed by atoms with Crippen molar-refractivity contribution in [1.82, 2.24) is 0 Å². The Morgan fingerprint density at radius 3 is 2.30 bits per heavy atom. The maximum Gasteiger partial charge on any atom is 0.0841 e. The molecule has 0 aromatic carbocycles. The smallest absolute Gasteiger partial charge is 0.0841 e. The van der Waals surface area contributed by atoms with E-state index in [1.807, 2.05) is 6.92 Å². The highest BCUT2D eigenvalue weighted by Crippen LogP contribution is 2.30. The molecule has 0 spiro atoms. The average molecular weight is 145 g/mol. The van der Waals surface area contributed by atoms with Crippen molar-refractivity contribution < 1.29 is 10.2 Å². The molecule has 1 aliphatic carbocycles. The van der Waals surface area contributed by atoms with Crippen molar-refractivity contribution in [3.8, 4) is 0 Å². The fraction of sp³-hybridized carbons (Fsp3) is 1.00. The van der Waals surface area contributed by atoms with Crippen LogP contribution in [0.2, 0.25) is 0 Å². The molecule has 0 heterocycles. The van der Waals surface area contributed by atoms with E-state index in [0.29, 0.717) is 18.9 Å². The first-order valence-electron chi connectivity index (χ1n) is 3.73. The summed E-state index contributed by atoms with van der Waals surface area (Å²) < 4.78 is 0. The number of hydrogen-bond donors (Lipinski definition) is 3. The van der Waals surface area contributed by atoms with Crippen molar-refractivity contribution in [2.24, 2.45) is 17.6 Å². The molecule has 0 aliphatic heterocycles. The van der Waals surface area contributed by atoms with E-state index in [-0.39, 0.29) is 5.92 Å². The highest BCUT2D eigenvalue weighted by Gasteiger charge is 2.37. The van der Waals surface area contributed by atoms with Gasteiger partial charge in [-0.05, 0) is 18.9 Å². The summed E-state index contributed by atoms with van der Waals surface area (Å²) in [6.07, 6.45) is -0.466. The lowest BCUT2D eigenvalue weighted by Crippen LogP contribution is -2.31. The monoisotopic (exact) mass is 145 g/mol. The lowest BCUT2D eigenvalue weighted by atomic mass is 9.97. The zero-order valence-corrected chi connectivity index (χ0v) is 6.20. The Morgan fingerprint density at radius 1 is 1.50 bits per heavy atom. The molecule has 3 heteroatoms. The van der Waals surface area contributed by atoms with Crippen LogP contribution in [0.3, 0.4) is 0 Å². The van der Waals surface area contributed by atoms with Gasteiger partial charge in [-0.15, -0.1) is 0 Å². The molecule has 0 aromatic heterocycles. The van der Waals surface area contributed by atoms with Gasteiger partial charge >= 0.3 is 0 Å². The Kier molecular flexibility index (Phi) is 2.28. The highest BCUT2D eigenvalue weighted by molar-refractivity contribution is 4.89. The average Bonchev–Trinajstić information content (AvgIpc) is 2.09. The molecule has 0 radical (unpaired) electrons. The highest BCUT2D eigenvalue weighted by atomic mass is 16.3. The number of aliphatic hydroxyl groups excluding tert-OH is 2. The van der Waals surface area contributed by atoms with Crippen LogP contribution in [0.25, 0.3) is 0 Å². The van der Waals surface area contributed by atoms with Crippen molar-refractivity contribution in [3.05, 3.63) is 0 Å². The summed E-state index contributed by atoms with van der Waals surface area (Å²) in [6, 6.07) is 0. The number of nitrogens with two attached hydrogens (primary N) is 1. The minimum Gasteiger partial charge on any atom is -0.390 e. The Hall–Kier alpha value is -0.120. The third-order valence-corrected chi connectivity index (χ3v) is 2.45. The van der Waals surface area contributed by atoms with Gasteiger partial charge in [0.25, 0.3) is 0 Å². The molecule has 10 heavy (non-hydrogen) atoms. The topological polar surface area (TPSA) is 66.5 Å². The summed E-state index contributed by atoms with van der Waals surface area (Å²) in [7, 11) is 0. The van der Waals surface area contributed by atoms with E-state index in [2.05, 4.69) is 0 Å². The van der Waals surface area contributed by atoms with Gasteiger partial charge in [-0.2, -0.15) is 0 Å². The summed E-state index contributed by atoms with van der Waals surface area (Å²) in [5.41, 5.74) is 5.41. The molecule has 1 fully saturated rings. The van der Waals surface area contributed by atoms with E-state index in [0.717, 1.165) is 0 Å². The molecule has 4 N–H and O–H groups in total. The van der Waals surface area contributed by atoms with E-state index in [1.165, 1.54) is 0 Å². The first-order valence-corrected chi connectivity index (χ1v) is 3.73. The normalized spacial score (nSPS) is 48.0. The molecule has 0 bridgehead atoms. The second-order valence-corrected chi connectivity index (χ2v) is 3.17. The van der Waals surface area contributed by atoms with Crippen molar-refractivity contribution in [3.63, 3.8) is 0 Å². The summed E-state index contributed by atoms with van der Waals surface area (Å²) >= 11 is 0. The molecule has 0 amide bonds. The summed E-state index contributed by atoms with van der Waals surface area (Å²) in [4.78, 5) is 0. The molecule has 1 rings (SSSR count). The predicted octanol–water partition coefficient (Wildman–Crippen LogP) is -0.677. The van der Waals surface area contributed by atoms with Gasteiger partial charge in [0.1, 0.15) is 0 Å². The largest absolute Gasteiger partial charge is 0.390 e. The van der Waals surface area contributed by atoms with Gasteiger partial charge in [0.15, 0.2) is 0 Å². The first kappa shape index (κ1) is 7.98. The molecule has 4 atom stereocenters. The lowest BCUT2D eigenvalue weighted by molar-refractivity contribution is 0.0214. The zero-order valence-electron chi connectivity index (χ0n) is 6.20. The Labute approximate surface area is 60.9 Å². The van der Waals surface area contributed by atoms with Crippen LogP contribution in [0.15, 0.2) is 0 Å². The second-order valence-electron chi connectivity index (χ2n) is 3.17. The number of hydrogen-bond acceptors (Lipinski definition) is 3. The fourth-order valence-corrected chi connectivity index (χ4v) is 1.69. The van der Waals surface area contributed by atoms with Gasteiger partial charge in [0, 0.05) is 5.92 Å². The van der Waals surface area contributed by atoms with E-state index >= 15 is 0 Å². The Bertz CT molecular complexity index is 118. The van der Waals surface area contributed by atoms with E-state index < -0.39 is 12.2 Å². The molecule has 60 valence electrons. The summed E-state index contributed by atoms with van der Waals surface area (Å²) in [5.74, 6) is 0.449.